The number of likely N-dealkylation sites (N-methyl/N-ethyl adjacent to an activating group) is 2. The van der Waals surface area contributed by atoms with Crippen molar-refractivity contribution in [3.63, 3.8) is 0 Å². The van der Waals surface area contributed by atoms with E-state index in [2.05, 4.69) is 15.7 Å². The number of halogens is 2. The van der Waals surface area contributed by atoms with E-state index in [4.69, 9.17) is 0 Å². The van der Waals surface area contributed by atoms with E-state index in [1.54, 1.807) is 0 Å². The van der Waals surface area contributed by atoms with Crippen LogP contribution in [0, 0.1) is 17.0 Å². The molecule has 2 aromatic rings. The lowest BCUT2D eigenvalue weighted by Crippen LogP contribution is -2.54. The van der Waals surface area contributed by atoms with Crippen molar-refractivity contribution in [2.75, 3.05) is 20.6 Å². The molecule has 1 atom stereocenters. The molecule has 0 saturated carbocycles. The monoisotopic (exact) mass is 419 g/mol. The normalized spacial score (nSPS) is 15.4. The first-order valence-electron chi connectivity index (χ1n) is 9.80. The zero-order valence-corrected chi connectivity index (χ0v) is 17.8. The zero-order valence-electron chi connectivity index (χ0n) is 17.8. The Morgan fingerprint density at radius 1 is 1.20 bits per heavy atom. The van der Waals surface area contributed by atoms with E-state index in [-0.39, 0.29) is 5.91 Å². The lowest BCUT2D eigenvalue weighted by Gasteiger charge is -2.30. The summed E-state index contributed by atoms with van der Waals surface area (Å²) in [4.78, 5) is 27.5. The molecule has 1 aliphatic heterocycles. The first-order valence-corrected chi connectivity index (χ1v) is 9.80. The molecule has 0 spiro atoms. The van der Waals surface area contributed by atoms with E-state index >= 15 is 0 Å². The van der Waals surface area contributed by atoms with Gasteiger partial charge in [0.1, 0.15) is 6.04 Å². The predicted molar refractivity (Wildman–Crippen MR) is 109 cm³/mol. The molecule has 1 aromatic heterocycles. The van der Waals surface area contributed by atoms with Gasteiger partial charge in [-0.1, -0.05) is 20.8 Å². The summed E-state index contributed by atoms with van der Waals surface area (Å²) in [7, 11) is 3.44. The van der Waals surface area contributed by atoms with E-state index in [9.17, 15) is 18.4 Å². The Hall–Kier alpha value is -2.81. The van der Waals surface area contributed by atoms with Crippen LogP contribution in [0.1, 0.15) is 32.0 Å². The maximum Gasteiger partial charge on any atom is 0.343 e. The number of aromatic nitrogens is 2. The van der Waals surface area contributed by atoms with Gasteiger partial charge in [0, 0.05) is 31.3 Å². The van der Waals surface area contributed by atoms with Gasteiger partial charge in [0.15, 0.2) is 11.6 Å². The van der Waals surface area contributed by atoms with Gasteiger partial charge in [0.2, 0.25) is 5.91 Å². The number of rotatable bonds is 3. The highest BCUT2D eigenvalue weighted by Gasteiger charge is 2.34. The molecule has 3 rings (SSSR count). The van der Waals surface area contributed by atoms with E-state index in [1.807, 2.05) is 32.7 Å². The average Bonchev–Trinajstić information content (AvgIpc) is 3.05. The van der Waals surface area contributed by atoms with E-state index < -0.39 is 29.1 Å². The van der Waals surface area contributed by atoms with Crippen LogP contribution in [0.5, 0.6) is 0 Å². The van der Waals surface area contributed by atoms with Gasteiger partial charge in [-0.3, -0.25) is 4.79 Å². The Kier molecular flexibility index (Phi) is 5.94. The zero-order chi connectivity index (χ0) is 22.2. The van der Waals surface area contributed by atoms with E-state index in [1.165, 1.54) is 17.8 Å². The van der Waals surface area contributed by atoms with Crippen molar-refractivity contribution in [1.82, 2.24) is 25.3 Å². The minimum atomic E-state index is -0.972. The molecule has 0 aliphatic carbocycles. The molecular formula is C21H27F2N5O2. The van der Waals surface area contributed by atoms with Crippen LogP contribution in [0.4, 0.5) is 13.6 Å². The molecule has 162 valence electrons. The van der Waals surface area contributed by atoms with Gasteiger partial charge in [0.05, 0.1) is 11.4 Å². The molecule has 2 N–H and O–H groups in total. The Labute approximate surface area is 174 Å². The van der Waals surface area contributed by atoms with Crippen molar-refractivity contribution >= 4 is 11.9 Å². The fraction of sp³-hybridized carbons (Fsp3) is 0.476. The molecule has 0 unspecified atom stereocenters. The highest BCUT2D eigenvalue weighted by atomic mass is 19.2. The predicted octanol–water partition coefficient (Wildman–Crippen LogP) is 2.53. The maximum atomic E-state index is 13.8. The third kappa shape index (κ3) is 4.21. The van der Waals surface area contributed by atoms with Gasteiger partial charge < -0.3 is 15.5 Å². The Morgan fingerprint density at radius 2 is 1.90 bits per heavy atom. The summed E-state index contributed by atoms with van der Waals surface area (Å²) >= 11 is 0. The van der Waals surface area contributed by atoms with Crippen LogP contribution in [0.3, 0.4) is 0 Å². The van der Waals surface area contributed by atoms with Gasteiger partial charge >= 0.3 is 6.03 Å². The summed E-state index contributed by atoms with van der Waals surface area (Å²) in [5.74, 6) is -2.22. The summed E-state index contributed by atoms with van der Waals surface area (Å²) in [6, 6.07) is 2.26. The highest BCUT2D eigenvalue weighted by Crippen LogP contribution is 2.30. The molecule has 9 heteroatoms. The number of carbonyl (C=O) groups excluding carboxylic acids is 2. The molecule has 2 heterocycles. The molecular weight excluding hydrogens is 392 g/mol. The number of carbonyl (C=O) groups is 2. The number of amides is 2. The standard InChI is InChI=1S/C21H27F2N5O2/c1-21(2,3)18(19(29)24-4)25-20(30)28-16-11-27(5)9-8-13(16)17(26-28)12-6-7-14(22)15(23)10-12/h6-7,10,18H,8-9,11H2,1-5H3,(H,24,29)(H,25,30)/t18-/m1/s1. The summed E-state index contributed by atoms with van der Waals surface area (Å²) in [6.07, 6.45) is 0.617. The van der Waals surface area contributed by atoms with Crippen molar-refractivity contribution in [3.8, 4) is 11.3 Å². The van der Waals surface area contributed by atoms with Gasteiger partial charge in [-0.05, 0) is 37.1 Å². The van der Waals surface area contributed by atoms with Crippen LogP contribution in [-0.2, 0) is 17.8 Å². The van der Waals surface area contributed by atoms with Crippen molar-refractivity contribution in [2.24, 2.45) is 5.41 Å². The third-order valence-corrected chi connectivity index (χ3v) is 5.28. The minimum Gasteiger partial charge on any atom is -0.357 e. The molecule has 2 amide bonds. The highest BCUT2D eigenvalue weighted by molar-refractivity contribution is 5.88. The van der Waals surface area contributed by atoms with E-state index in [0.717, 1.165) is 24.2 Å². The topological polar surface area (TPSA) is 79.3 Å². The van der Waals surface area contributed by atoms with Crippen molar-refractivity contribution in [2.45, 2.75) is 39.8 Å². The smallest absolute Gasteiger partial charge is 0.343 e. The number of nitrogens with one attached hydrogen (secondary N) is 2. The van der Waals surface area contributed by atoms with Gasteiger partial charge in [0.25, 0.3) is 0 Å². The average molecular weight is 419 g/mol. The van der Waals surface area contributed by atoms with Crippen LogP contribution in [0.15, 0.2) is 18.2 Å². The van der Waals surface area contributed by atoms with Gasteiger partial charge in [-0.25, -0.2) is 13.6 Å². The van der Waals surface area contributed by atoms with Crippen LogP contribution >= 0.6 is 0 Å². The largest absolute Gasteiger partial charge is 0.357 e. The molecule has 0 fully saturated rings. The minimum absolute atomic E-state index is 0.310. The summed E-state index contributed by atoms with van der Waals surface area (Å²) in [5.41, 5.74) is 1.81. The molecule has 1 aliphatic rings. The van der Waals surface area contributed by atoms with E-state index in [0.29, 0.717) is 29.9 Å². The van der Waals surface area contributed by atoms with Crippen LogP contribution in [0.25, 0.3) is 11.3 Å². The second-order valence-electron chi connectivity index (χ2n) is 8.67. The number of hydrogen-bond donors (Lipinski definition) is 2. The number of benzene rings is 1. The molecule has 0 bridgehead atoms. The van der Waals surface area contributed by atoms with Crippen LogP contribution in [-0.4, -0.2) is 53.3 Å². The van der Waals surface area contributed by atoms with Gasteiger partial charge in [-0.2, -0.15) is 9.78 Å². The molecule has 0 radical (unpaired) electrons. The molecule has 0 saturated heterocycles. The van der Waals surface area contributed by atoms with Crippen LogP contribution < -0.4 is 10.6 Å². The van der Waals surface area contributed by atoms with Crippen molar-refractivity contribution in [3.05, 3.63) is 41.1 Å². The first-order chi connectivity index (χ1) is 14.0. The Morgan fingerprint density at radius 3 is 2.50 bits per heavy atom. The second kappa shape index (κ2) is 8.14. The Balaban J connectivity index is 2.04. The summed E-state index contributed by atoms with van der Waals surface area (Å²) in [5, 5.41) is 9.79. The third-order valence-electron chi connectivity index (χ3n) is 5.28. The molecule has 7 nitrogen and oxygen atoms in total. The van der Waals surface area contributed by atoms with Gasteiger partial charge in [-0.15, -0.1) is 0 Å². The van der Waals surface area contributed by atoms with Crippen molar-refractivity contribution < 1.29 is 18.4 Å². The maximum absolute atomic E-state index is 13.8. The molecule has 1 aromatic carbocycles. The SMILES string of the molecule is CNC(=O)[C@@H](NC(=O)n1nc(-c2ccc(F)c(F)c2)c2c1CN(C)CC2)C(C)(C)C. The lowest BCUT2D eigenvalue weighted by atomic mass is 9.86. The number of nitrogens with zero attached hydrogens (tertiary/aromatic N) is 3. The lowest BCUT2D eigenvalue weighted by molar-refractivity contribution is -0.124. The van der Waals surface area contributed by atoms with Crippen molar-refractivity contribution in [1.29, 1.82) is 0 Å². The summed E-state index contributed by atoms with van der Waals surface area (Å²) in [6.45, 7) is 6.78. The first kappa shape index (κ1) is 21.9. The number of fused-ring (bicyclic) bond motifs is 1. The van der Waals surface area contributed by atoms with Crippen LogP contribution in [0.2, 0.25) is 0 Å². The molecule has 30 heavy (non-hydrogen) atoms. The second-order valence-corrected chi connectivity index (χ2v) is 8.67. The Bertz CT molecular complexity index is 981. The fourth-order valence-corrected chi connectivity index (χ4v) is 3.60. The fourth-order valence-electron chi connectivity index (χ4n) is 3.60. The quantitative estimate of drug-likeness (QED) is 0.802. The number of hydrogen-bond acceptors (Lipinski definition) is 4. The summed E-state index contributed by atoms with van der Waals surface area (Å²) < 4.78 is 28.4.